The summed E-state index contributed by atoms with van der Waals surface area (Å²) in [6, 6.07) is 17.4. The van der Waals surface area contributed by atoms with E-state index in [4.69, 9.17) is 10.5 Å². The van der Waals surface area contributed by atoms with Crippen molar-refractivity contribution in [1.29, 1.82) is 5.26 Å². The van der Waals surface area contributed by atoms with Crippen LogP contribution in [0.4, 0.5) is 0 Å². The molecule has 0 saturated carbocycles. The Labute approximate surface area is 157 Å². The molecule has 0 radical (unpaired) electrons. The first-order chi connectivity index (χ1) is 12.1. The van der Waals surface area contributed by atoms with Crippen LogP contribution in [0.25, 0.3) is 0 Å². The zero-order chi connectivity index (χ0) is 17.6. The van der Waals surface area contributed by atoms with Crippen LogP contribution < -0.4 is 10.5 Å². The number of esters is 1. The highest BCUT2D eigenvalue weighted by Crippen LogP contribution is 2.56. The number of hydrogen-bond donors (Lipinski definition) is 1. The molecule has 0 unspecified atom stereocenters. The molecule has 2 aromatic rings. The maximum Gasteiger partial charge on any atom is 0.316 e. The second kappa shape index (κ2) is 6.25. The molecule has 124 valence electrons. The van der Waals surface area contributed by atoms with Gasteiger partial charge in [-0.2, -0.15) is 5.26 Å². The molecular weight excluding hydrogens is 400 g/mol. The van der Waals surface area contributed by atoms with Crippen LogP contribution >= 0.6 is 27.7 Å². The lowest BCUT2D eigenvalue weighted by Crippen LogP contribution is -2.38. The SMILES string of the molecule is N#CC1=C(N)S[C@H](c2ccccc2)[C@@H]2C(=O)Oc3ccc(Br)cc3[C@H]12. The van der Waals surface area contributed by atoms with E-state index in [0.717, 1.165) is 15.6 Å². The Bertz CT molecular complexity index is 936. The molecule has 4 nitrogen and oxygen atoms in total. The van der Waals surface area contributed by atoms with Crippen LogP contribution in [0.2, 0.25) is 0 Å². The maximum absolute atomic E-state index is 12.8. The molecule has 0 fully saturated rings. The second-order valence-electron chi connectivity index (χ2n) is 5.95. The number of ether oxygens (including phenoxy) is 1. The molecule has 25 heavy (non-hydrogen) atoms. The molecule has 2 heterocycles. The molecule has 0 saturated heterocycles. The maximum atomic E-state index is 12.8. The van der Waals surface area contributed by atoms with E-state index in [1.54, 1.807) is 6.07 Å². The fourth-order valence-electron chi connectivity index (χ4n) is 3.46. The molecule has 2 N–H and O–H groups in total. The van der Waals surface area contributed by atoms with Crippen molar-refractivity contribution in [1.82, 2.24) is 0 Å². The van der Waals surface area contributed by atoms with Crippen molar-refractivity contribution in [3.8, 4) is 11.8 Å². The minimum absolute atomic E-state index is 0.192. The Morgan fingerprint density at radius 2 is 1.96 bits per heavy atom. The molecular formula is C19H13BrN2O2S. The van der Waals surface area contributed by atoms with Gasteiger partial charge in [-0.05, 0) is 23.8 Å². The van der Waals surface area contributed by atoms with Gasteiger partial charge in [0.05, 0.1) is 27.8 Å². The van der Waals surface area contributed by atoms with Crippen LogP contribution in [-0.2, 0) is 4.79 Å². The van der Waals surface area contributed by atoms with Crippen molar-refractivity contribution in [3.63, 3.8) is 0 Å². The van der Waals surface area contributed by atoms with Crippen molar-refractivity contribution in [2.24, 2.45) is 11.7 Å². The van der Waals surface area contributed by atoms with Crippen LogP contribution in [0, 0.1) is 17.2 Å². The number of thioether (sulfide) groups is 1. The van der Waals surface area contributed by atoms with Crippen LogP contribution in [0.3, 0.4) is 0 Å². The number of carbonyl (C=O) groups excluding carboxylic acids is 1. The number of carbonyl (C=O) groups is 1. The quantitative estimate of drug-likeness (QED) is 0.559. The summed E-state index contributed by atoms with van der Waals surface area (Å²) in [4.78, 5) is 12.8. The van der Waals surface area contributed by atoms with Crippen LogP contribution in [-0.4, -0.2) is 5.97 Å². The van der Waals surface area contributed by atoms with Gasteiger partial charge in [-0.1, -0.05) is 58.0 Å². The summed E-state index contributed by atoms with van der Waals surface area (Å²) in [5.74, 6) is -0.712. The molecule has 2 aliphatic rings. The highest BCUT2D eigenvalue weighted by Gasteiger charge is 2.49. The summed E-state index contributed by atoms with van der Waals surface area (Å²) in [7, 11) is 0. The number of nitrogens with two attached hydrogens (primary N) is 1. The van der Waals surface area contributed by atoms with Gasteiger partial charge in [-0.25, -0.2) is 0 Å². The van der Waals surface area contributed by atoms with E-state index < -0.39 is 11.8 Å². The van der Waals surface area contributed by atoms with Crippen molar-refractivity contribution < 1.29 is 9.53 Å². The Morgan fingerprint density at radius 1 is 1.20 bits per heavy atom. The first-order valence-electron chi connectivity index (χ1n) is 7.72. The van der Waals surface area contributed by atoms with E-state index in [1.807, 2.05) is 42.5 Å². The standard InChI is InChI=1S/C19H13BrN2O2S/c20-11-6-7-14-12(8-11)15-13(9-21)18(22)25-17(16(15)19(23)24-14)10-4-2-1-3-5-10/h1-8,15-17H,22H2/t15-,16-,17-/m1/s1. The average Bonchev–Trinajstić information content (AvgIpc) is 2.62. The predicted molar refractivity (Wildman–Crippen MR) is 99.6 cm³/mol. The molecule has 3 atom stereocenters. The lowest BCUT2D eigenvalue weighted by molar-refractivity contribution is -0.140. The Kier molecular flexibility index (Phi) is 4.06. The molecule has 0 bridgehead atoms. The smallest absolute Gasteiger partial charge is 0.316 e. The molecule has 0 aliphatic carbocycles. The van der Waals surface area contributed by atoms with Crippen molar-refractivity contribution in [2.75, 3.05) is 0 Å². The topological polar surface area (TPSA) is 76.1 Å². The third-order valence-corrected chi connectivity index (χ3v) is 6.34. The van der Waals surface area contributed by atoms with Crippen LogP contribution in [0.5, 0.6) is 5.75 Å². The number of nitriles is 1. The molecule has 4 rings (SSSR count). The Hall–Kier alpha value is -2.23. The lowest BCUT2D eigenvalue weighted by Gasteiger charge is -2.39. The van der Waals surface area contributed by atoms with E-state index >= 15 is 0 Å². The summed E-state index contributed by atoms with van der Waals surface area (Å²) in [6.07, 6.45) is 0. The third kappa shape index (κ3) is 2.64. The van der Waals surface area contributed by atoms with Crippen molar-refractivity contribution in [2.45, 2.75) is 11.2 Å². The summed E-state index contributed by atoms with van der Waals surface area (Å²) in [5.41, 5.74) is 8.48. The molecule has 0 amide bonds. The number of allylic oxidation sites excluding steroid dienone is 1. The van der Waals surface area contributed by atoms with Gasteiger partial charge in [-0.15, -0.1) is 0 Å². The monoisotopic (exact) mass is 412 g/mol. The van der Waals surface area contributed by atoms with Crippen molar-refractivity contribution in [3.05, 3.63) is 74.7 Å². The van der Waals surface area contributed by atoms with E-state index in [1.165, 1.54) is 11.8 Å². The van der Waals surface area contributed by atoms with E-state index in [9.17, 15) is 10.1 Å². The minimum atomic E-state index is -0.490. The predicted octanol–water partition coefficient (Wildman–Crippen LogP) is 4.25. The fraction of sp³-hybridized carbons (Fsp3) is 0.158. The number of fused-ring (bicyclic) bond motifs is 3. The number of halogens is 1. The highest BCUT2D eigenvalue weighted by molar-refractivity contribution is 9.10. The lowest BCUT2D eigenvalue weighted by atomic mass is 9.75. The third-order valence-electron chi connectivity index (χ3n) is 4.55. The first-order valence-corrected chi connectivity index (χ1v) is 9.40. The van der Waals surface area contributed by atoms with Gasteiger partial charge in [0, 0.05) is 16.0 Å². The van der Waals surface area contributed by atoms with E-state index in [-0.39, 0.29) is 11.2 Å². The first kappa shape index (κ1) is 16.2. The average molecular weight is 413 g/mol. The minimum Gasteiger partial charge on any atom is -0.426 e. The number of hydrogen-bond acceptors (Lipinski definition) is 5. The Morgan fingerprint density at radius 3 is 2.68 bits per heavy atom. The van der Waals surface area contributed by atoms with Gasteiger partial charge in [0.1, 0.15) is 5.75 Å². The molecule has 2 aliphatic heterocycles. The van der Waals surface area contributed by atoms with Crippen LogP contribution in [0.15, 0.2) is 63.6 Å². The van der Waals surface area contributed by atoms with Gasteiger partial charge in [-0.3, -0.25) is 4.79 Å². The molecule has 6 heteroatoms. The van der Waals surface area contributed by atoms with E-state index in [2.05, 4.69) is 22.0 Å². The zero-order valence-corrected chi connectivity index (χ0v) is 15.4. The van der Waals surface area contributed by atoms with Gasteiger partial charge in [0.25, 0.3) is 0 Å². The summed E-state index contributed by atoms with van der Waals surface area (Å²) < 4.78 is 6.46. The molecule has 0 spiro atoms. The van der Waals surface area contributed by atoms with Crippen molar-refractivity contribution >= 4 is 33.7 Å². The molecule has 2 aromatic carbocycles. The van der Waals surface area contributed by atoms with Gasteiger partial charge in [0.15, 0.2) is 0 Å². The van der Waals surface area contributed by atoms with Crippen LogP contribution in [0.1, 0.15) is 22.3 Å². The normalized spacial score (nSPS) is 24.8. The van der Waals surface area contributed by atoms with Gasteiger partial charge < -0.3 is 10.5 Å². The molecule has 0 aromatic heterocycles. The summed E-state index contributed by atoms with van der Waals surface area (Å²) >= 11 is 4.83. The summed E-state index contributed by atoms with van der Waals surface area (Å²) in [6.45, 7) is 0. The fourth-order valence-corrected chi connectivity index (χ4v) is 5.12. The van der Waals surface area contributed by atoms with Gasteiger partial charge in [0.2, 0.25) is 0 Å². The number of nitrogens with zero attached hydrogens (tertiary/aromatic N) is 1. The second-order valence-corrected chi connectivity index (χ2v) is 8.04. The number of benzene rings is 2. The largest absolute Gasteiger partial charge is 0.426 e. The zero-order valence-electron chi connectivity index (χ0n) is 13.0. The van der Waals surface area contributed by atoms with E-state index in [0.29, 0.717) is 16.4 Å². The Balaban J connectivity index is 1.93. The number of rotatable bonds is 1. The summed E-state index contributed by atoms with van der Waals surface area (Å²) in [5, 5.41) is 9.95. The van der Waals surface area contributed by atoms with Gasteiger partial charge >= 0.3 is 5.97 Å². The highest BCUT2D eigenvalue weighted by atomic mass is 79.9.